The van der Waals surface area contributed by atoms with Crippen molar-refractivity contribution >= 4 is 67.4 Å². The zero-order chi connectivity index (χ0) is 31.6. The van der Waals surface area contributed by atoms with Crippen LogP contribution < -0.4 is 29.2 Å². The minimum atomic E-state index is -4.75. The largest absolute Gasteiger partial charge is 0.493 e. The summed E-state index contributed by atoms with van der Waals surface area (Å²) in [6.07, 6.45) is -3.71. The van der Waals surface area contributed by atoms with Crippen molar-refractivity contribution in [3.8, 4) is 23.0 Å². The summed E-state index contributed by atoms with van der Waals surface area (Å²) in [5, 5.41) is 1.95. The van der Waals surface area contributed by atoms with Crippen LogP contribution >= 0.6 is 31.9 Å². The molecule has 10 nitrogen and oxygen atoms in total. The Labute approximate surface area is 258 Å². The number of barbiturate groups is 1. The van der Waals surface area contributed by atoms with Crippen molar-refractivity contribution in [3.05, 3.63) is 79.7 Å². The van der Waals surface area contributed by atoms with Gasteiger partial charge in [0, 0.05) is 10.0 Å². The van der Waals surface area contributed by atoms with Crippen LogP contribution in [-0.2, 0) is 15.8 Å². The second-order valence-corrected chi connectivity index (χ2v) is 10.4. The van der Waals surface area contributed by atoms with Gasteiger partial charge >= 0.3 is 18.2 Å². The Balaban J connectivity index is 1.76. The number of ether oxygens (including phenoxy) is 4. The van der Waals surface area contributed by atoms with Crippen molar-refractivity contribution in [2.75, 3.05) is 26.2 Å². The zero-order valence-corrected chi connectivity index (χ0v) is 25.5. The van der Waals surface area contributed by atoms with Crippen LogP contribution in [0.15, 0.2) is 63.0 Å². The molecular formula is C28H19Br2F3N2O8. The van der Waals surface area contributed by atoms with E-state index in [1.54, 1.807) is 0 Å². The summed E-state index contributed by atoms with van der Waals surface area (Å²) in [6.45, 7) is 0. The van der Waals surface area contributed by atoms with E-state index >= 15 is 0 Å². The Kier molecular flexibility index (Phi) is 9.15. The average Bonchev–Trinajstić information content (AvgIpc) is 2.95. The first-order valence-corrected chi connectivity index (χ1v) is 13.5. The summed E-state index contributed by atoms with van der Waals surface area (Å²) in [7, 11) is 4.12. The molecule has 43 heavy (non-hydrogen) atoms. The first kappa shape index (κ1) is 31.6. The number of hydrogen-bond acceptors (Lipinski definition) is 8. The van der Waals surface area contributed by atoms with E-state index in [1.165, 1.54) is 45.6 Å². The van der Waals surface area contributed by atoms with Gasteiger partial charge in [-0.2, -0.15) is 13.2 Å². The molecule has 4 amide bonds. The van der Waals surface area contributed by atoms with Gasteiger partial charge in [0.15, 0.2) is 17.2 Å². The first-order chi connectivity index (χ1) is 20.3. The van der Waals surface area contributed by atoms with Gasteiger partial charge in [-0.1, -0.05) is 22.0 Å². The summed E-state index contributed by atoms with van der Waals surface area (Å²) in [4.78, 5) is 52.3. The minimum absolute atomic E-state index is 0.00396. The fourth-order valence-corrected chi connectivity index (χ4v) is 5.35. The molecule has 0 spiro atoms. The number of rotatable bonds is 7. The number of halogens is 5. The molecule has 1 N–H and O–H groups in total. The molecule has 224 valence electrons. The molecule has 15 heteroatoms. The molecule has 0 aliphatic carbocycles. The van der Waals surface area contributed by atoms with Crippen molar-refractivity contribution in [1.29, 1.82) is 0 Å². The van der Waals surface area contributed by atoms with E-state index in [2.05, 4.69) is 31.9 Å². The highest BCUT2D eigenvalue weighted by Crippen LogP contribution is 2.40. The number of alkyl halides is 3. The number of carbonyl (C=O) groups excluding carboxylic acids is 4. The SMILES string of the molecule is COc1cc(C(=O)Oc2c(Br)cc(Br)cc2/C=C2/C(=O)NC(=O)N(c3cccc(C(F)(F)F)c3)C2=O)cc(OC)c1OC. The van der Waals surface area contributed by atoms with E-state index in [0.717, 1.165) is 24.3 Å². The number of nitrogens with zero attached hydrogens (tertiary/aromatic N) is 1. The third-order valence-corrected chi connectivity index (χ3v) is 7.01. The maximum Gasteiger partial charge on any atom is 0.416 e. The molecule has 3 aromatic carbocycles. The van der Waals surface area contributed by atoms with Crippen LogP contribution in [-0.4, -0.2) is 45.1 Å². The van der Waals surface area contributed by atoms with Crippen molar-refractivity contribution in [1.82, 2.24) is 5.32 Å². The number of benzene rings is 3. The third kappa shape index (κ3) is 6.51. The first-order valence-electron chi connectivity index (χ1n) is 11.9. The molecule has 1 aliphatic rings. The second-order valence-electron chi connectivity index (χ2n) is 8.62. The van der Waals surface area contributed by atoms with Crippen molar-refractivity contribution in [2.45, 2.75) is 6.18 Å². The Hall–Kier alpha value is -4.37. The zero-order valence-electron chi connectivity index (χ0n) is 22.3. The van der Waals surface area contributed by atoms with Crippen LogP contribution in [0.25, 0.3) is 6.08 Å². The molecule has 1 fully saturated rings. The lowest BCUT2D eigenvalue weighted by Gasteiger charge is -2.27. The molecule has 3 aromatic rings. The van der Waals surface area contributed by atoms with Gasteiger partial charge < -0.3 is 18.9 Å². The molecule has 0 radical (unpaired) electrons. The molecule has 0 atom stereocenters. The molecule has 0 saturated carbocycles. The van der Waals surface area contributed by atoms with Gasteiger partial charge in [0.05, 0.1) is 42.6 Å². The maximum absolute atomic E-state index is 13.4. The number of imide groups is 2. The van der Waals surface area contributed by atoms with Gasteiger partial charge in [0.2, 0.25) is 5.75 Å². The number of esters is 1. The second kappa shape index (κ2) is 12.5. The highest BCUT2D eigenvalue weighted by atomic mass is 79.9. The number of carbonyl (C=O) groups is 4. The number of urea groups is 1. The Morgan fingerprint density at radius 1 is 0.907 bits per heavy atom. The van der Waals surface area contributed by atoms with Crippen LogP contribution in [0.4, 0.5) is 23.7 Å². The Morgan fingerprint density at radius 3 is 2.14 bits per heavy atom. The van der Waals surface area contributed by atoms with Gasteiger partial charge in [-0.3, -0.25) is 14.9 Å². The lowest BCUT2D eigenvalue weighted by atomic mass is 10.1. The fourth-order valence-electron chi connectivity index (χ4n) is 4.01. The maximum atomic E-state index is 13.4. The summed E-state index contributed by atoms with van der Waals surface area (Å²) in [6, 6.07) is 7.91. The van der Waals surface area contributed by atoms with E-state index in [1.807, 2.05) is 5.32 Å². The highest BCUT2D eigenvalue weighted by molar-refractivity contribution is 9.11. The van der Waals surface area contributed by atoms with Crippen molar-refractivity contribution in [3.63, 3.8) is 0 Å². The molecule has 1 aliphatic heterocycles. The highest BCUT2D eigenvalue weighted by Gasteiger charge is 2.39. The third-order valence-electron chi connectivity index (χ3n) is 5.97. The van der Waals surface area contributed by atoms with E-state index in [-0.39, 0.29) is 38.6 Å². The fraction of sp³-hybridized carbons (Fsp3) is 0.143. The smallest absolute Gasteiger partial charge is 0.416 e. The normalized spacial score (nSPS) is 14.5. The van der Waals surface area contributed by atoms with Gasteiger partial charge in [0.1, 0.15) is 5.57 Å². The lowest BCUT2D eigenvalue weighted by Crippen LogP contribution is -2.54. The van der Waals surface area contributed by atoms with Gasteiger partial charge in [-0.05, 0) is 64.5 Å². The molecule has 1 heterocycles. The van der Waals surface area contributed by atoms with E-state index in [4.69, 9.17) is 18.9 Å². The summed E-state index contributed by atoms with van der Waals surface area (Å²) >= 11 is 6.58. The van der Waals surface area contributed by atoms with Crippen LogP contribution in [0.3, 0.4) is 0 Å². The molecule has 0 bridgehead atoms. The van der Waals surface area contributed by atoms with Gasteiger partial charge in [-0.25, -0.2) is 14.5 Å². The Bertz CT molecular complexity index is 1670. The summed E-state index contributed by atoms with van der Waals surface area (Å²) in [5.74, 6) is -2.75. The van der Waals surface area contributed by atoms with E-state index in [9.17, 15) is 32.3 Å². The van der Waals surface area contributed by atoms with Crippen LogP contribution in [0.2, 0.25) is 0 Å². The summed E-state index contributed by atoms with van der Waals surface area (Å²) in [5.41, 5.74) is -2.12. The standard InChI is InChI=1S/C28H19Br2F3N2O8/c1-40-20-9-14(10-21(41-2)23(20)42-3)26(38)43-22-13(7-16(29)12-19(22)30)8-18-24(36)34-27(39)35(25(18)37)17-6-4-5-15(11-17)28(31,32)33/h4-12H,1-3H3,(H,34,36,39)/b18-8-. The average molecular weight is 728 g/mol. The Morgan fingerprint density at radius 2 is 1.56 bits per heavy atom. The lowest BCUT2D eigenvalue weighted by molar-refractivity contribution is -0.137. The minimum Gasteiger partial charge on any atom is -0.493 e. The quantitative estimate of drug-likeness (QED) is 0.133. The number of methoxy groups -OCH3 is 3. The molecule has 1 saturated heterocycles. The number of anilines is 1. The van der Waals surface area contributed by atoms with E-state index < -0.39 is 46.8 Å². The topological polar surface area (TPSA) is 120 Å². The van der Waals surface area contributed by atoms with Crippen LogP contribution in [0.5, 0.6) is 23.0 Å². The summed E-state index contributed by atoms with van der Waals surface area (Å²) < 4.78 is 62.0. The molecule has 0 aromatic heterocycles. The van der Waals surface area contributed by atoms with Crippen LogP contribution in [0.1, 0.15) is 21.5 Å². The molecule has 4 rings (SSSR count). The van der Waals surface area contributed by atoms with Crippen molar-refractivity contribution in [2.24, 2.45) is 0 Å². The number of amides is 4. The number of hydrogen-bond donors (Lipinski definition) is 1. The predicted molar refractivity (Wildman–Crippen MR) is 153 cm³/mol. The van der Waals surface area contributed by atoms with Crippen LogP contribution in [0, 0.1) is 0 Å². The number of nitrogens with one attached hydrogen (secondary N) is 1. The molecule has 0 unspecified atom stereocenters. The van der Waals surface area contributed by atoms with Gasteiger partial charge in [0.25, 0.3) is 11.8 Å². The van der Waals surface area contributed by atoms with E-state index in [0.29, 0.717) is 15.4 Å². The monoisotopic (exact) mass is 726 g/mol. The predicted octanol–water partition coefficient (Wildman–Crippen LogP) is 6.14. The van der Waals surface area contributed by atoms with Crippen molar-refractivity contribution < 1.29 is 51.3 Å². The van der Waals surface area contributed by atoms with Gasteiger partial charge in [-0.15, -0.1) is 0 Å². The molecular weight excluding hydrogens is 709 g/mol.